The lowest BCUT2D eigenvalue weighted by atomic mass is 10.3. The summed E-state index contributed by atoms with van der Waals surface area (Å²) in [4.78, 5) is 18.6. The molecular formula is C13H16N2O2S. The molecule has 2 aromatic rings. The van der Waals surface area contributed by atoms with Crippen LogP contribution in [0, 0.1) is 6.92 Å². The molecule has 0 aliphatic rings. The van der Waals surface area contributed by atoms with Gasteiger partial charge in [-0.2, -0.15) is 0 Å². The van der Waals surface area contributed by atoms with Crippen LogP contribution in [0.25, 0.3) is 0 Å². The SMILES string of the molecule is CCc1ccc(Cn2c(OC)nc(C)cc2=O)s1. The average Bonchev–Trinajstić information content (AvgIpc) is 2.80. The minimum absolute atomic E-state index is 0.0780. The van der Waals surface area contributed by atoms with Crippen LogP contribution in [0.3, 0.4) is 0 Å². The average molecular weight is 264 g/mol. The second-order valence-electron chi connectivity index (χ2n) is 4.03. The zero-order valence-corrected chi connectivity index (χ0v) is 11.6. The molecule has 5 heteroatoms. The molecule has 0 saturated heterocycles. The number of aryl methyl sites for hydroxylation is 2. The zero-order valence-electron chi connectivity index (χ0n) is 10.8. The van der Waals surface area contributed by atoms with Gasteiger partial charge in [0.2, 0.25) is 0 Å². The summed E-state index contributed by atoms with van der Waals surface area (Å²) < 4.78 is 6.72. The molecule has 0 unspecified atom stereocenters. The number of methoxy groups -OCH3 is 1. The lowest BCUT2D eigenvalue weighted by Gasteiger charge is -2.09. The minimum Gasteiger partial charge on any atom is -0.468 e. The summed E-state index contributed by atoms with van der Waals surface area (Å²) >= 11 is 1.72. The van der Waals surface area contributed by atoms with E-state index in [9.17, 15) is 4.79 Å². The standard InChI is InChI=1S/C13H16N2O2S/c1-4-10-5-6-11(18-10)8-15-12(16)7-9(2)14-13(15)17-3/h5-7H,4,8H2,1-3H3. The molecule has 0 N–H and O–H groups in total. The number of hydrogen-bond acceptors (Lipinski definition) is 4. The topological polar surface area (TPSA) is 44.1 Å². The fourth-order valence-corrected chi connectivity index (χ4v) is 2.70. The zero-order chi connectivity index (χ0) is 13.1. The Morgan fingerprint density at radius 1 is 1.39 bits per heavy atom. The van der Waals surface area contributed by atoms with Gasteiger partial charge in [-0.3, -0.25) is 9.36 Å². The van der Waals surface area contributed by atoms with Gasteiger partial charge in [0.1, 0.15) is 0 Å². The van der Waals surface area contributed by atoms with Crippen molar-refractivity contribution in [1.29, 1.82) is 0 Å². The van der Waals surface area contributed by atoms with Gasteiger partial charge in [-0.1, -0.05) is 6.92 Å². The lowest BCUT2D eigenvalue weighted by molar-refractivity contribution is 0.350. The van der Waals surface area contributed by atoms with Crippen LogP contribution in [0.1, 0.15) is 22.4 Å². The van der Waals surface area contributed by atoms with Gasteiger partial charge in [0.15, 0.2) is 0 Å². The third-order valence-corrected chi connectivity index (χ3v) is 3.88. The molecule has 0 atom stereocenters. The van der Waals surface area contributed by atoms with Crippen molar-refractivity contribution in [3.8, 4) is 6.01 Å². The maximum atomic E-state index is 11.9. The van der Waals surface area contributed by atoms with E-state index in [-0.39, 0.29) is 5.56 Å². The summed E-state index contributed by atoms with van der Waals surface area (Å²) in [6.07, 6.45) is 1.02. The number of rotatable bonds is 4. The Morgan fingerprint density at radius 2 is 2.11 bits per heavy atom. The maximum absolute atomic E-state index is 11.9. The Labute approximate surface area is 110 Å². The van der Waals surface area contributed by atoms with Crippen LogP contribution in [0.15, 0.2) is 23.0 Å². The first kappa shape index (κ1) is 12.8. The van der Waals surface area contributed by atoms with Crippen molar-refractivity contribution >= 4 is 11.3 Å². The summed E-state index contributed by atoms with van der Waals surface area (Å²) in [7, 11) is 1.53. The van der Waals surface area contributed by atoms with Crippen molar-refractivity contribution in [2.24, 2.45) is 0 Å². The predicted octanol–water partition coefficient (Wildman–Crippen LogP) is 2.23. The molecule has 0 saturated carbocycles. The van der Waals surface area contributed by atoms with Crippen LogP contribution in [-0.2, 0) is 13.0 Å². The van der Waals surface area contributed by atoms with Gasteiger partial charge in [-0.25, -0.2) is 4.98 Å². The number of ether oxygens (including phenoxy) is 1. The molecule has 96 valence electrons. The highest BCUT2D eigenvalue weighted by Crippen LogP contribution is 2.19. The fourth-order valence-electron chi connectivity index (χ4n) is 1.75. The highest BCUT2D eigenvalue weighted by atomic mass is 32.1. The molecule has 0 aromatic carbocycles. The van der Waals surface area contributed by atoms with Crippen molar-refractivity contribution in [1.82, 2.24) is 9.55 Å². The van der Waals surface area contributed by atoms with Crippen molar-refractivity contribution < 1.29 is 4.74 Å². The quantitative estimate of drug-likeness (QED) is 0.850. The van der Waals surface area contributed by atoms with E-state index in [0.29, 0.717) is 18.2 Å². The van der Waals surface area contributed by atoms with E-state index in [2.05, 4.69) is 24.0 Å². The first-order valence-electron chi connectivity index (χ1n) is 5.84. The van der Waals surface area contributed by atoms with Crippen molar-refractivity contribution in [3.05, 3.63) is 44.0 Å². The Balaban J connectivity index is 2.36. The second kappa shape index (κ2) is 5.35. The summed E-state index contributed by atoms with van der Waals surface area (Å²) in [6, 6.07) is 6.04. The van der Waals surface area contributed by atoms with E-state index in [4.69, 9.17) is 4.74 Å². The van der Waals surface area contributed by atoms with E-state index in [0.717, 1.165) is 11.3 Å². The number of hydrogen-bond donors (Lipinski definition) is 0. The maximum Gasteiger partial charge on any atom is 0.299 e. The van der Waals surface area contributed by atoms with E-state index in [1.165, 1.54) is 18.1 Å². The van der Waals surface area contributed by atoms with Crippen LogP contribution in [0.2, 0.25) is 0 Å². The highest BCUT2D eigenvalue weighted by Gasteiger charge is 2.09. The molecule has 0 aliphatic carbocycles. The second-order valence-corrected chi connectivity index (χ2v) is 5.28. The first-order chi connectivity index (χ1) is 8.63. The van der Waals surface area contributed by atoms with Crippen LogP contribution >= 0.6 is 11.3 Å². The van der Waals surface area contributed by atoms with Crippen LogP contribution < -0.4 is 10.3 Å². The molecule has 2 rings (SSSR count). The number of aromatic nitrogens is 2. The Bertz CT molecular complexity index is 601. The Kier molecular flexibility index (Phi) is 3.81. The van der Waals surface area contributed by atoms with Gasteiger partial charge in [-0.05, 0) is 25.5 Å². The third-order valence-electron chi connectivity index (χ3n) is 2.66. The van der Waals surface area contributed by atoms with Gasteiger partial charge >= 0.3 is 0 Å². The first-order valence-corrected chi connectivity index (χ1v) is 6.65. The van der Waals surface area contributed by atoms with Crippen LogP contribution in [-0.4, -0.2) is 16.7 Å². The van der Waals surface area contributed by atoms with E-state index < -0.39 is 0 Å². The molecule has 0 radical (unpaired) electrons. The lowest BCUT2D eigenvalue weighted by Crippen LogP contribution is -2.22. The smallest absolute Gasteiger partial charge is 0.299 e. The molecule has 18 heavy (non-hydrogen) atoms. The molecule has 0 aliphatic heterocycles. The van der Waals surface area contributed by atoms with Crippen LogP contribution in [0.5, 0.6) is 6.01 Å². The number of nitrogens with zero attached hydrogens (tertiary/aromatic N) is 2. The van der Waals surface area contributed by atoms with Crippen LogP contribution in [0.4, 0.5) is 0 Å². The van der Waals surface area contributed by atoms with E-state index >= 15 is 0 Å². The molecule has 0 spiro atoms. The van der Waals surface area contributed by atoms with Crippen molar-refractivity contribution in [2.75, 3.05) is 7.11 Å². The predicted molar refractivity (Wildman–Crippen MR) is 72.6 cm³/mol. The van der Waals surface area contributed by atoms with Crippen molar-refractivity contribution in [2.45, 2.75) is 26.8 Å². The largest absolute Gasteiger partial charge is 0.468 e. The van der Waals surface area contributed by atoms with Gasteiger partial charge in [0, 0.05) is 21.5 Å². The molecule has 0 bridgehead atoms. The van der Waals surface area contributed by atoms with Gasteiger partial charge in [0.25, 0.3) is 11.6 Å². The molecular weight excluding hydrogens is 248 g/mol. The Morgan fingerprint density at radius 3 is 2.72 bits per heavy atom. The van der Waals surface area contributed by atoms with Gasteiger partial charge in [0.05, 0.1) is 13.7 Å². The van der Waals surface area contributed by atoms with Gasteiger partial charge in [-0.15, -0.1) is 11.3 Å². The highest BCUT2D eigenvalue weighted by molar-refractivity contribution is 7.11. The minimum atomic E-state index is -0.0780. The summed E-state index contributed by atoms with van der Waals surface area (Å²) in [5, 5.41) is 0. The summed E-state index contributed by atoms with van der Waals surface area (Å²) in [6.45, 7) is 4.42. The fraction of sp³-hybridized carbons (Fsp3) is 0.385. The molecule has 0 fully saturated rings. The molecule has 2 aromatic heterocycles. The molecule has 0 amide bonds. The monoisotopic (exact) mass is 264 g/mol. The van der Waals surface area contributed by atoms with E-state index in [1.807, 2.05) is 0 Å². The summed E-state index contributed by atoms with van der Waals surface area (Å²) in [5.74, 6) is 0. The summed E-state index contributed by atoms with van der Waals surface area (Å²) in [5.41, 5.74) is 0.597. The third kappa shape index (κ3) is 2.61. The van der Waals surface area contributed by atoms with Gasteiger partial charge < -0.3 is 4.74 Å². The molecule has 4 nitrogen and oxygen atoms in total. The van der Waals surface area contributed by atoms with E-state index in [1.54, 1.807) is 22.8 Å². The Hall–Kier alpha value is -1.62. The number of thiophene rings is 1. The normalized spacial score (nSPS) is 10.6. The molecule has 2 heterocycles. The van der Waals surface area contributed by atoms with Crippen molar-refractivity contribution in [3.63, 3.8) is 0 Å².